The molecule has 31 heavy (non-hydrogen) atoms. The van der Waals surface area contributed by atoms with Gasteiger partial charge in [0.1, 0.15) is 11.0 Å². The lowest BCUT2D eigenvalue weighted by molar-refractivity contribution is 1.34. The van der Waals surface area contributed by atoms with Gasteiger partial charge in [-0.05, 0) is 36.8 Å². The molecule has 0 bridgehead atoms. The minimum Gasteiger partial charge on any atom is -0.399 e. The van der Waals surface area contributed by atoms with E-state index in [1.807, 2.05) is 18.3 Å². The highest BCUT2D eigenvalue weighted by Gasteiger charge is 2.17. The topological polar surface area (TPSA) is 64.7 Å². The predicted octanol–water partition coefficient (Wildman–Crippen LogP) is 7.25. The van der Waals surface area contributed by atoms with Gasteiger partial charge < -0.3 is 5.73 Å². The SMILES string of the molecule is Cc1ccc(-c2ncc(-c3cc4sc(-c5ccc(N)cc5)cc4s3)c3nsnc23)cc1. The van der Waals surface area contributed by atoms with Gasteiger partial charge in [0, 0.05) is 42.2 Å². The second kappa shape index (κ2) is 7.23. The Labute approximate surface area is 191 Å². The van der Waals surface area contributed by atoms with E-state index in [1.165, 1.54) is 42.0 Å². The van der Waals surface area contributed by atoms with Crippen molar-refractivity contribution >= 4 is 60.5 Å². The van der Waals surface area contributed by atoms with Crippen LogP contribution in [0.5, 0.6) is 0 Å². The zero-order chi connectivity index (χ0) is 20.9. The van der Waals surface area contributed by atoms with E-state index < -0.39 is 0 Å². The van der Waals surface area contributed by atoms with Crippen molar-refractivity contribution < 1.29 is 0 Å². The molecule has 4 nitrogen and oxygen atoms in total. The Kier molecular flexibility index (Phi) is 4.34. The first kappa shape index (κ1) is 18.6. The van der Waals surface area contributed by atoms with E-state index in [0.717, 1.165) is 33.5 Å². The first-order valence-corrected chi connectivity index (χ1v) is 12.1. The highest BCUT2D eigenvalue weighted by Crippen LogP contribution is 2.43. The molecule has 7 heteroatoms. The number of anilines is 1. The molecule has 6 rings (SSSR count). The lowest BCUT2D eigenvalue weighted by atomic mass is 10.1. The molecule has 0 aliphatic carbocycles. The van der Waals surface area contributed by atoms with Crippen LogP contribution in [0.3, 0.4) is 0 Å². The zero-order valence-corrected chi connectivity index (χ0v) is 18.9. The number of nitrogens with two attached hydrogens (primary N) is 1. The Morgan fingerprint density at radius 1 is 0.742 bits per heavy atom. The Morgan fingerprint density at radius 3 is 2.16 bits per heavy atom. The van der Waals surface area contributed by atoms with Crippen molar-refractivity contribution in [3.8, 4) is 32.1 Å². The molecular formula is C24H16N4S3. The van der Waals surface area contributed by atoms with E-state index in [2.05, 4.69) is 64.2 Å². The summed E-state index contributed by atoms with van der Waals surface area (Å²) >= 11 is 4.81. The average Bonchev–Trinajstić information content (AvgIpc) is 3.49. The summed E-state index contributed by atoms with van der Waals surface area (Å²) < 4.78 is 11.7. The highest BCUT2D eigenvalue weighted by molar-refractivity contribution is 7.31. The molecule has 2 N–H and O–H groups in total. The molecule has 0 spiro atoms. The van der Waals surface area contributed by atoms with E-state index in [9.17, 15) is 0 Å². The summed E-state index contributed by atoms with van der Waals surface area (Å²) in [7, 11) is 0. The van der Waals surface area contributed by atoms with Crippen LogP contribution < -0.4 is 5.73 Å². The third kappa shape index (κ3) is 3.22. The molecule has 0 atom stereocenters. The van der Waals surface area contributed by atoms with Crippen LogP contribution in [0.15, 0.2) is 66.9 Å². The van der Waals surface area contributed by atoms with Gasteiger partial charge in [-0.15, -0.1) is 22.7 Å². The Morgan fingerprint density at radius 2 is 1.39 bits per heavy atom. The second-order valence-electron chi connectivity index (χ2n) is 7.42. The summed E-state index contributed by atoms with van der Waals surface area (Å²) in [6.07, 6.45) is 1.94. The average molecular weight is 457 g/mol. The number of pyridine rings is 1. The van der Waals surface area contributed by atoms with Crippen molar-refractivity contribution in [1.29, 1.82) is 0 Å². The van der Waals surface area contributed by atoms with Gasteiger partial charge in [-0.1, -0.05) is 42.0 Å². The molecule has 4 aromatic heterocycles. The Hall–Kier alpha value is -3.13. The third-order valence-corrected chi connectivity index (χ3v) is 8.19. The normalized spacial score (nSPS) is 11.5. The van der Waals surface area contributed by atoms with Crippen LogP contribution >= 0.6 is 34.4 Å². The Bertz CT molecular complexity index is 1510. The van der Waals surface area contributed by atoms with Gasteiger partial charge in [0.15, 0.2) is 0 Å². The smallest absolute Gasteiger partial charge is 0.131 e. The van der Waals surface area contributed by atoms with Gasteiger partial charge in [0.25, 0.3) is 0 Å². The van der Waals surface area contributed by atoms with Gasteiger partial charge in [-0.3, -0.25) is 4.98 Å². The molecule has 0 fully saturated rings. The Balaban J connectivity index is 1.43. The molecule has 0 aliphatic heterocycles. The molecule has 0 unspecified atom stereocenters. The maximum Gasteiger partial charge on any atom is 0.131 e. The fourth-order valence-corrected chi connectivity index (χ4v) is 6.61. The summed E-state index contributed by atoms with van der Waals surface area (Å²) in [5.41, 5.74) is 13.8. The van der Waals surface area contributed by atoms with Crippen molar-refractivity contribution in [2.45, 2.75) is 6.92 Å². The van der Waals surface area contributed by atoms with Crippen LogP contribution in [0.4, 0.5) is 5.69 Å². The first-order valence-electron chi connectivity index (χ1n) is 9.74. The molecule has 0 aliphatic rings. The predicted molar refractivity (Wildman–Crippen MR) is 134 cm³/mol. The molecule has 150 valence electrons. The third-order valence-electron chi connectivity index (χ3n) is 5.28. The number of fused-ring (bicyclic) bond motifs is 2. The van der Waals surface area contributed by atoms with E-state index in [4.69, 9.17) is 10.7 Å². The second-order valence-corrected chi connectivity index (χ2v) is 10.1. The van der Waals surface area contributed by atoms with Crippen molar-refractivity contribution in [2.24, 2.45) is 0 Å². The number of benzene rings is 2. The highest BCUT2D eigenvalue weighted by atomic mass is 32.1. The van der Waals surface area contributed by atoms with Crippen molar-refractivity contribution in [1.82, 2.24) is 13.7 Å². The van der Waals surface area contributed by atoms with E-state index >= 15 is 0 Å². The van der Waals surface area contributed by atoms with Crippen LogP contribution in [0.1, 0.15) is 5.56 Å². The molecule has 2 aromatic carbocycles. The lowest BCUT2D eigenvalue weighted by Gasteiger charge is -2.05. The van der Waals surface area contributed by atoms with Crippen molar-refractivity contribution in [3.05, 3.63) is 72.4 Å². The summed E-state index contributed by atoms with van der Waals surface area (Å²) in [6, 6.07) is 20.9. The number of hydrogen-bond donors (Lipinski definition) is 1. The lowest BCUT2D eigenvalue weighted by Crippen LogP contribution is -1.88. The largest absolute Gasteiger partial charge is 0.399 e. The molecule has 6 aromatic rings. The number of thiophene rings is 2. The van der Waals surface area contributed by atoms with Crippen LogP contribution in [-0.2, 0) is 0 Å². The number of aromatic nitrogens is 3. The minimum absolute atomic E-state index is 0.784. The fraction of sp³-hybridized carbons (Fsp3) is 0.0417. The van der Waals surface area contributed by atoms with Crippen LogP contribution in [0.2, 0.25) is 0 Å². The van der Waals surface area contributed by atoms with Crippen LogP contribution in [0.25, 0.3) is 52.6 Å². The summed E-state index contributed by atoms with van der Waals surface area (Å²) in [5, 5.41) is 0. The molecule has 0 radical (unpaired) electrons. The van der Waals surface area contributed by atoms with E-state index in [1.54, 1.807) is 22.7 Å². The molecule has 0 saturated heterocycles. The van der Waals surface area contributed by atoms with Crippen molar-refractivity contribution in [2.75, 3.05) is 5.73 Å². The van der Waals surface area contributed by atoms with Gasteiger partial charge >= 0.3 is 0 Å². The standard InChI is InChI=1S/C24H16N4S3/c1-13-2-4-15(5-3-13)22-24-23(27-31-28-24)17(12-26-22)19-11-21-20(30-19)10-18(29-21)14-6-8-16(25)9-7-14/h2-12H,25H2,1H3. The van der Waals surface area contributed by atoms with Gasteiger partial charge in [-0.2, -0.15) is 8.75 Å². The molecule has 4 heterocycles. The number of nitrogen functional groups attached to an aromatic ring is 1. The number of rotatable bonds is 3. The van der Waals surface area contributed by atoms with Gasteiger partial charge in [0.05, 0.1) is 17.4 Å². The van der Waals surface area contributed by atoms with Gasteiger partial charge in [-0.25, -0.2) is 0 Å². The van der Waals surface area contributed by atoms with E-state index in [0.29, 0.717) is 0 Å². The van der Waals surface area contributed by atoms with E-state index in [-0.39, 0.29) is 0 Å². The maximum absolute atomic E-state index is 5.82. The summed E-state index contributed by atoms with van der Waals surface area (Å²) in [5.74, 6) is 0. The van der Waals surface area contributed by atoms with Crippen LogP contribution in [0, 0.1) is 6.92 Å². The monoisotopic (exact) mass is 456 g/mol. The number of nitrogens with zero attached hydrogens (tertiary/aromatic N) is 3. The molecule has 0 saturated carbocycles. The fourth-order valence-electron chi connectivity index (χ4n) is 3.63. The van der Waals surface area contributed by atoms with Gasteiger partial charge in [0.2, 0.25) is 0 Å². The maximum atomic E-state index is 5.82. The molecule has 0 amide bonds. The first-order chi connectivity index (χ1) is 15.2. The summed E-state index contributed by atoms with van der Waals surface area (Å²) in [6.45, 7) is 2.08. The zero-order valence-electron chi connectivity index (χ0n) is 16.5. The summed E-state index contributed by atoms with van der Waals surface area (Å²) in [4.78, 5) is 7.21. The van der Waals surface area contributed by atoms with Crippen LogP contribution in [-0.4, -0.2) is 13.7 Å². The van der Waals surface area contributed by atoms with Crippen molar-refractivity contribution in [3.63, 3.8) is 0 Å². The quantitative estimate of drug-likeness (QED) is 0.285. The number of hydrogen-bond acceptors (Lipinski definition) is 7. The minimum atomic E-state index is 0.784. The number of aryl methyl sites for hydroxylation is 1. The molecular weight excluding hydrogens is 440 g/mol.